The second-order valence-electron chi connectivity index (χ2n) is 10.8. The molecule has 14 N–H and O–H groups in total. The molecule has 0 saturated heterocycles. The summed E-state index contributed by atoms with van der Waals surface area (Å²) in [6, 6.07) is 6.43. The molecule has 0 aliphatic heterocycles. The predicted molar refractivity (Wildman–Crippen MR) is 187 cm³/mol. The lowest BCUT2D eigenvalue weighted by molar-refractivity contribution is -0.132. The molecule has 0 spiro atoms. The first-order valence-electron chi connectivity index (χ1n) is 15.4. The number of aromatic hydroxyl groups is 1. The van der Waals surface area contributed by atoms with E-state index in [1.54, 1.807) is 44.2 Å². The fraction of sp³-hybridized carbons (Fsp3) is 0.343. The van der Waals surface area contributed by atoms with Crippen LogP contribution < -0.4 is 44.6 Å². The number of rotatable bonds is 13. The fourth-order valence-electron chi connectivity index (χ4n) is 4.28. The van der Waals surface area contributed by atoms with Crippen molar-refractivity contribution in [2.75, 3.05) is 13.1 Å². The van der Waals surface area contributed by atoms with E-state index >= 15 is 0 Å². The van der Waals surface area contributed by atoms with Gasteiger partial charge in [-0.15, -0.1) is 0 Å². The van der Waals surface area contributed by atoms with E-state index in [0.717, 1.165) is 0 Å². The monoisotopic (exact) mass is 669 g/mol. The molecule has 0 aromatic heterocycles. The first-order valence-corrected chi connectivity index (χ1v) is 15.4. The summed E-state index contributed by atoms with van der Waals surface area (Å²) in [6.45, 7) is 4.00. The van der Waals surface area contributed by atoms with Crippen LogP contribution in [0.5, 0.6) is 5.75 Å². The topological polar surface area (TPSA) is 267 Å². The smallest absolute Gasteiger partial charge is 0.255 e. The third-order valence-corrected chi connectivity index (χ3v) is 6.76. The van der Waals surface area contributed by atoms with Crippen molar-refractivity contribution < 1.29 is 24.3 Å². The highest BCUT2D eigenvalue weighted by molar-refractivity contribution is 5.97. The molecule has 14 heteroatoms. The fourth-order valence-corrected chi connectivity index (χ4v) is 4.28. The van der Waals surface area contributed by atoms with Gasteiger partial charge in [0.05, 0.1) is 6.54 Å². The van der Waals surface area contributed by atoms with Gasteiger partial charge in [-0.25, -0.2) is 0 Å². The number of phenolic OH excluding ortho intramolecular Hbond substituents is 1. The molecule has 49 heavy (non-hydrogen) atoms. The summed E-state index contributed by atoms with van der Waals surface area (Å²) in [4.78, 5) is 56.1. The van der Waals surface area contributed by atoms with Crippen molar-refractivity contribution in [2.45, 2.75) is 63.7 Å². The van der Waals surface area contributed by atoms with E-state index in [1.807, 2.05) is 0 Å². The SMILES string of the molecule is Cc1cc(O)cc(C)c1C#C[C@H](NC(=O)[C@H](N)C#CCCN=C(N)N)C(=O)N[C@@H](CCCCN)C(=O)NC(C#Cc1ccccc1)C(N)=O. The standard InChI is InChI=1S/C35H43N9O5/c1-22-20-25(45)21-23(2)26(22)15-17-30(43-32(47)27(37)12-7-9-19-41-35(39)40)34(49)44-29(13-6-8-18-36)33(48)42-28(31(38)46)16-14-24-10-4-3-5-11-24/h3-5,10-11,20-21,27-30,45H,6,8-9,13,18-19,36-37H2,1-2H3,(H2,38,46)(H,42,48)(H,43,47)(H,44,49)(H4,39,40,41)/t27-,28?,29+,30+/m1/s1. The van der Waals surface area contributed by atoms with Gasteiger partial charge in [-0.2, -0.15) is 0 Å². The minimum atomic E-state index is -1.50. The van der Waals surface area contributed by atoms with Crippen LogP contribution in [0.2, 0.25) is 0 Å². The van der Waals surface area contributed by atoms with Crippen LogP contribution in [0, 0.1) is 49.4 Å². The molecule has 0 fully saturated rings. The summed E-state index contributed by atoms with van der Waals surface area (Å²) in [5, 5.41) is 17.5. The van der Waals surface area contributed by atoms with E-state index in [9.17, 15) is 24.3 Å². The average molecular weight is 670 g/mol. The number of carbonyl (C=O) groups is 4. The van der Waals surface area contributed by atoms with Crippen molar-refractivity contribution in [3.63, 3.8) is 0 Å². The Bertz CT molecular complexity index is 1680. The molecular weight excluding hydrogens is 626 g/mol. The van der Waals surface area contributed by atoms with E-state index in [2.05, 4.69) is 56.5 Å². The second-order valence-corrected chi connectivity index (χ2v) is 10.8. The van der Waals surface area contributed by atoms with Crippen LogP contribution >= 0.6 is 0 Å². The number of carbonyl (C=O) groups excluding carboxylic acids is 4. The number of nitrogens with two attached hydrogens (primary N) is 5. The Morgan fingerprint density at radius 1 is 0.837 bits per heavy atom. The van der Waals surface area contributed by atoms with Gasteiger partial charge in [-0.3, -0.25) is 24.2 Å². The molecule has 0 aliphatic carbocycles. The Morgan fingerprint density at radius 3 is 2.08 bits per heavy atom. The van der Waals surface area contributed by atoms with E-state index < -0.39 is 47.8 Å². The predicted octanol–water partition coefficient (Wildman–Crippen LogP) is -1.52. The molecule has 1 unspecified atom stereocenters. The third kappa shape index (κ3) is 14.1. The van der Waals surface area contributed by atoms with Gasteiger partial charge in [-0.05, 0) is 75.0 Å². The maximum absolute atomic E-state index is 13.7. The Labute approximate surface area is 286 Å². The zero-order valence-corrected chi connectivity index (χ0v) is 27.5. The first kappa shape index (κ1) is 39.2. The molecule has 258 valence electrons. The van der Waals surface area contributed by atoms with E-state index in [4.69, 9.17) is 28.7 Å². The number of aryl methyl sites for hydroxylation is 2. The molecule has 2 rings (SSSR count). The van der Waals surface area contributed by atoms with Gasteiger partial charge in [0.25, 0.3) is 17.7 Å². The van der Waals surface area contributed by atoms with Crippen LogP contribution in [0.3, 0.4) is 0 Å². The van der Waals surface area contributed by atoms with E-state index in [0.29, 0.717) is 41.6 Å². The lowest BCUT2D eigenvalue weighted by Crippen LogP contribution is -2.57. The second kappa shape index (κ2) is 20.3. The van der Waals surface area contributed by atoms with Gasteiger partial charge in [0.1, 0.15) is 17.8 Å². The maximum Gasteiger partial charge on any atom is 0.255 e. The van der Waals surface area contributed by atoms with Crippen molar-refractivity contribution in [1.29, 1.82) is 0 Å². The number of phenols is 1. The lowest BCUT2D eigenvalue weighted by Gasteiger charge is -2.22. The number of amides is 4. The highest BCUT2D eigenvalue weighted by atomic mass is 16.3. The van der Waals surface area contributed by atoms with Crippen molar-refractivity contribution in [3.8, 4) is 41.3 Å². The molecule has 14 nitrogen and oxygen atoms in total. The van der Waals surface area contributed by atoms with E-state index in [-0.39, 0.29) is 31.1 Å². The normalized spacial score (nSPS) is 12.4. The molecule has 0 aliphatic rings. The Kier molecular flexibility index (Phi) is 16.2. The number of nitrogens with one attached hydrogen (secondary N) is 3. The quantitative estimate of drug-likeness (QED) is 0.0518. The van der Waals surface area contributed by atoms with Crippen LogP contribution in [0.15, 0.2) is 47.5 Å². The third-order valence-electron chi connectivity index (χ3n) is 6.76. The summed E-state index contributed by atoms with van der Waals surface area (Å²) in [6.07, 6.45) is 1.35. The van der Waals surface area contributed by atoms with Crippen molar-refractivity contribution in [3.05, 3.63) is 64.7 Å². The molecule has 0 radical (unpaired) electrons. The highest BCUT2D eigenvalue weighted by Crippen LogP contribution is 2.19. The molecular formula is C35H43N9O5. The maximum atomic E-state index is 13.7. The zero-order chi connectivity index (χ0) is 36.3. The van der Waals surface area contributed by atoms with Crippen LogP contribution in [0.4, 0.5) is 0 Å². The zero-order valence-electron chi connectivity index (χ0n) is 27.5. The summed E-state index contributed by atoms with van der Waals surface area (Å²) in [5.74, 6) is 13.0. The number of guanidine groups is 1. The van der Waals surface area contributed by atoms with Crippen LogP contribution in [-0.2, 0) is 19.2 Å². The summed E-state index contributed by atoms with van der Waals surface area (Å²) in [7, 11) is 0. The van der Waals surface area contributed by atoms with Crippen molar-refractivity contribution in [1.82, 2.24) is 16.0 Å². The van der Waals surface area contributed by atoms with Crippen molar-refractivity contribution in [2.24, 2.45) is 33.7 Å². The number of aliphatic imine (C=N–C) groups is 1. The Balaban J connectivity index is 2.38. The molecule has 2 aromatic carbocycles. The average Bonchev–Trinajstić information content (AvgIpc) is 3.04. The molecule has 0 saturated carbocycles. The molecule has 2 aromatic rings. The number of hydrogen-bond donors (Lipinski definition) is 9. The number of primary amides is 1. The van der Waals surface area contributed by atoms with Gasteiger partial charge < -0.3 is 49.7 Å². The number of nitrogens with zero attached hydrogens (tertiary/aromatic N) is 1. The Morgan fingerprint density at radius 2 is 1.47 bits per heavy atom. The first-order chi connectivity index (χ1) is 23.3. The van der Waals surface area contributed by atoms with Crippen LogP contribution in [0.25, 0.3) is 0 Å². The molecule has 0 bridgehead atoms. The van der Waals surface area contributed by atoms with Gasteiger partial charge in [0, 0.05) is 17.5 Å². The number of benzene rings is 2. The van der Waals surface area contributed by atoms with Gasteiger partial charge in [0.2, 0.25) is 5.91 Å². The minimum Gasteiger partial charge on any atom is -0.508 e. The number of unbranched alkanes of at least 4 members (excludes halogenated alkanes) is 1. The summed E-state index contributed by atoms with van der Waals surface area (Å²) >= 11 is 0. The molecule has 4 atom stereocenters. The number of hydrogen-bond acceptors (Lipinski definition) is 8. The van der Waals surface area contributed by atoms with Gasteiger partial charge in [-0.1, -0.05) is 53.7 Å². The lowest BCUT2D eigenvalue weighted by atomic mass is 10.0. The Hall–Kier alpha value is -6.01. The van der Waals surface area contributed by atoms with Crippen LogP contribution in [0.1, 0.15) is 47.9 Å². The van der Waals surface area contributed by atoms with E-state index in [1.165, 1.54) is 12.1 Å². The van der Waals surface area contributed by atoms with Crippen LogP contribution in [-0.4, -0.2) is 72.0 Å². The van der Waals surface area contributed by atoms with Gasteiger partial charge >= 0.3 is 0 Å². The minimum absolute atomic E-state index is 0.0431. The largest absolute Gasteiger partial charge is 0.508 e. The van der Waals surface area contributed by atoms with Crippen molar-refractivity contribution >= 4 is 29.6 Å². The molecule has 4 amide bonds. The highest BCUT2D eigenvalue weighted by Gasteiger charge is 2.28. The van der Waals surface area contributed by atoms with Gasteiger partial charge in [0.15, 0.2) is 18.0 Å². The summed E-state index contributed by atoms with van der Waals surface area (Å²) in [5.41, 5.74) is 30.1. The summed E-state index contributed by atoms with van der Waals surface area (Å²) < 4.78 is 0. The molecule has 0 heterocycles.